The molecule has 1 aromatic heterocycles. The van der Waals surface area contributed by atoms with E-state index < -0.39 is 17.5 Å². The van der Waals surface area contributed by atoms with E-state index in [-0.39, 0.29) is 12.0 Å². The molecule has 0 aliphatic rings. The number of hydrogen-bond donors (Lipinski definition) is 1. The highest BCUT2D eigenvalue weighted by atomic mass is 19.2. The number of pyridine rings is 1. The Hall–Kier alpha value is -2.50. The SMILES string of the molecule is CN(C(=O)Cc1cccc(F)c1F)c1ccncc1N. The number of likely N-dealkylation sites (N-methyl/N-ethyl adjacent to an activating group) is 1. The lowest BCUT2D eigenvalue weighted by Gasteiger charge is -2.19. The zero-order valence-corrected chi connectivity index (χ0v) is 10.8. The van der Waals surface area contributed by atoms with E-state index in [1.807, 2.05) is 0 Å². The van der Waals surface area contributed by atoms with Crippen molar-refractivity contribution in [1.82, 2.24) is 4.98 Å². The number of benzene rings is 1. The number of amides is 1. The first-order chi connectivity index (χ1) is 9.50. The van der Waals surface area contributed by atoms with Crippen LogP contribution in [0.1, 0.15) is 5.56 Å². The second-order valence-electron chi connectivity index (χ2n) is 4.28. The Balaban J connectivity index is 2.20. The maximum Gasteiger partial charge on any atom is 0.231 e. The predicted molar refractivity (Wildman–Crippen MR) is 72.1 cm³/mol. The van der Waals surface area contributed by atoms with Crippen LogP contribution < -0.4 is 10.6 Å². The average Bonchev–Trinajstić information content (AvgIpc) is 2.43. The molecule has 20 heavy (non-hydrogen) atoms. The lowest BCUT2D eigenvalue weighted by atomic mass is 10.1. The number of nitrogens with zero attached hydrogens (tertiary/aromatic N) is 2. The van der Waals surface area contributed by atoms with Gasteiger partial charge in [-0.1, -0.05) is 12.1 Å². The number of rotatable bonds is 3. The van der Waals surface area contributed by atoms with Crippen molar-refractivity contribution in [3.8, 4) is 0 Å². The van der Waals surface area contributed by atoms with Gasteiger partial charge < -0.3 is 10.6 Å². The zero-order chi connectivity index (χ0) is 14.7. The fraction of sp³-hybridized carbons (Fsp3) is 0.143. The van der Waals surface area contributed by atoms with Gasteiger partial charge in [-0.3, -0.25) is 9.78 Å². The van der Waals surface area contributed by atoms with Crippen molar-refractivity contribution in [2.75, 3.05) is 17.7 Å². The fourth-order valence-electron chi connectivity index (χ4n) is 1.81. The van der Waals surface area contributed by atoms with Crippen molar-refractivity contribution < 1.29 is 13.6 Å². The maximum absolute atomic E-state index is 13.5. The summed E-state index contributed by atoms with van der Waals surface area (Å²) in [6.45, 7) is 0. The van der Waals surface area contributed by atoms with E-state index in [0.717, 1.165) is 6.07 Å². The van der Waals surface area contributed by atoms with Gasteiger partial charge >= 0.3 is 0 Å². The first-order valence-electron chi connectivity index (χ1n) is 5.89. The predicted octanol–water partition coefficient (Wildman–Crippen LogP) is 2.15. The van der Waals surface area contributed by atoms with Gasteiger partial charge in [-0.05, 0) is 12.1 Å². The molecule has 0 atom stereocenters. The lowest BCUT2D eigenvalue weighted by Crippen LogP contribution is -2.29. The van der Waals surface area contributed by atoms with Crippen LogP contribution in [0.3, 0.4) is 0 Å². The molecule has 0 saturated carbocycles. The van der Waals surface area contributed by atoms with Crippen molar-refractivity contribution in [3.05, 3.63) is 53.9 Å². The van der Waals surface area contributed by atoms with Crippen LogP contribution >= 0.6 is 0 Å². The number of nitrogen functional groups attached to an aromatic ring is 1. The molecule has 1 heterocycles. The maximum atomic E-state index is 13.5. The summed E-state index contributed by atoms with van der Waals surface area (Å²) < 4.78 is 26.6. The third-order valence-electron chi connectivity index (χ3n) is 2.94. The average molecular weight is 277 g/mol. The highest BCUT2D eigenvalue weighted by molar-refractivity contribution is 5.96. The topological polar surface area (TPSA) is 59.2 Å². The first kappa shape index (κ1) is 13.9. The summed E-state index contributed by atoms with van der Waals surface area (Å²) in [4.78, 5) is 17.2. The molecule has 1 aromatic carbocycles. The van der Waals surface area contributed by atoms with Crippen molar-refractivity contribution >= 4 is 17.3 Å². The van der Waals surface area contributed by atoms with Crippen molar-refractivity contribution in [2.45, 2.75) is 6.42 Å². The number of carbonyl (C=O) groups is 1. The van der Waals surface area contributed by atoms with Crippen LogP contribution in [0.2, 0.25) is 0 Å². The number of aromatic nitrogens is 1. The van der Waals surface area contributed by atoms with E-state index in [1.165, 1.54) is 36.5 Å². The number of hydrogen-bond acceptors (Lipinski definition) is 3. The van der Waals surface area contributed by atoms with Crippen LogP contribution in [0.4, 0.5) is 20.2 Å². The van der Waals surface area contributed by atoms with Crippen LogP contribution in [0, 0.1) is 11.6 Å². The molecule has 0 spiro atoms. The number of nitrogens with two attached hydrogens (primary N) is 1. The van der Waals surface area contributed by atoms with Gasteiger partial charge in [0.2, 0.25) is 5.91 Å². The van der Waals surface area contributed by atoms with E-state index in [9.17, 15) is 13.6 Å². The molecule has 2 rings (SSSR count). The van der Waals surface area contributed by atoms with Crippen LogP contribution in [0.15, 0.2) is 36.7 Å². The van der Waals surface area contributed by atoms with Crippen molar-refractivity contribution in [1.29, 1.82) is 0 Å². The molecular formula is C14H13F2N3O. The highest BCUT2D eigenvalue weighted by Crippen LogP contribution is 2.21. The third-order valence-corrected chi connectivity index (χ3v) is 2.94. The van der Waals surface area contributed by atoms with Crippen LogP contribution in [0.5, 0.6) is 0 Å². The summed E-state index contributed by atoms with van der Waals surface area (Å²) in [6, 6.07) is 5.32. The quantitative estimate of drug-likeness (QED) is 0.935. The minimum absolute atomic E-state index is 0.00878. The molecule has 4 nitrogen and oxygen atoms in total. The van der Waals surface area contributed by atoms with E-state index in [2.05, 4.69) is 4.98 Å². The van der Waals surface area contributed by atoms with Crippen molar-refractivity contribution in [2.24, 2.45) is 0 Å². The summed E-state index contributed by atoms with van der Waals surface area (Å²) in [6.07, 6.45) is 2.67. The summed E-state index contributed by atoms with van der Waals surface area (Å²) in [7, 11) is 1.52. The number of carbonyl (C=O) groups excluding carboxylic acids is 1. The van der Waals surface area contributed by atoms with Crippen LogP contribution in [-0.4, -0.2) is 17.9 Å². The summed E-state index contributed by atoms with van der Waals surface area (Å²) in [5, 5.41) is 0. The molecule has 1 amide bonds. The molecule has 0 fully saturated rings. The standard InChI is InChI=1S/C14H13F2N3O/c1-19(12-5-6-18-8-11(12)17)13(20)7-9-3-2-4-10(15)14(9)16/h2-6,8H,7,17H2,1H3. The van der Waals surface area contributed by atoms with Crippen molar-refractivity contribution in [3.63, 3.8) is 0 Å². The van der Waals surface area contributed by atoms with Crippen LogP contribution in [-0.2, 0) is 11.2 Å². The molecule has 0 unspecified atom stereocenters. The summed E-state index contributed by atoms with van der Waals surface area (Å²) >= 11 is 0. The molecule has 6 heteroatoms. The van der Waals surface area contributed by atoms with Gasteiger partial charge in [-0.2, -0.15) is 0 Å². The Bertz CT molecular complexity index is 646. The number of anilines is 2. The molecule has 2 aromatic rings. The Morgan fingerprint density at radius 1 is 1.35 bits per heavy atom. The molecule has 0 bridgehead atoms. The van der Waals surface area contributed by atoms with E-state index in [1.54, 1.807) is 6.07 Å². The van der Waals surface area contributed by atoms with E-state index in [4.69, 9.17) is 5.73 Å². The Labute approximate surface area is 114 Å². The second kappa shape index (κ2) is 5.64. The largest absolute Gasteiger partial charge is 0.396 e. The summed E-state index contributed by atoms with van der Waals surface area (Å²) in [5.74, 6) is -2.37. The van der Waals surface area contributed by atoms with Gasteiger partial charge in [0.15, 0.2) is 11.6 Å². The van der Waals surface area contributed by atoms with Gasteiger partial charge in [0.1, 0.15) is 0 Å². The Kier molecular flexibility index (Phi) is 3.93. The van der Waals surface area contributed by atoms with Crippen LogP contribution in [0.25, 0.3) is 0 Å². The van der Waals surface area contributed by atoms with E-state index in [0.29, 0.717) is 11.4 Å². The van der Waals surface area contributed by atoms with Gasteiger partial charge in [-0.15, -0.1) is 0 Å². The minimum atomic E-state index is -1.00. The van der Waals surface area contributed by atoms with Gasteiger partial charge in [0, 0.05) is 18.8 Å². The normalized spacial score (nSPS) is 10.3. The molecule has 0 radical (unpaired) electrons. The smallest absolute Gasteiger partial charge is 0.231 e. The monoisotopic (exact) mass is 277 g/mol. The number of halogens is 2. The molecule has 0 saturated heterocycles. The van der Waals surface area contributed by atoms with Gasteiger partial charge in [-0.25, -0.2) is 8.78 Å². The van der Waals surface area contributed by atoms with Gasteiger partial charge in [0.25, 0.3) is 0 Å². The fourth-order valence-corrected chi connectivity index (χ4v) is 1.81. The molecule has 0 aliphatic carbocycles. The molecule has 2 N–H and O–H groups in total. The Morgan fingerprint density at radius 3 is 2.80 bits per heavy atom. The third kappa shape index (κ3) is 2.74. The Morgan fingerprint density at radius 2 is 2.10 bits per heavy atom. The minimum Gasteiger partial charge on any atom is -0.396 e. The van der Waals surface area contributed by atoms with Gasteiger partial charge in [0.05, 0.1) is 24.0 Å². The molecule has 0 aliphatic heterocycles. The second-order valence-corrected chi connectivity index (χ2v) is 4.28. The van der Waals surface area contributed by atoms with E-state index >= 15 is 0 Å². The first-order valence-corrected chi connectivity index (χ1v) is 5.89. The zero-order valence-electron chi connectivity index (χ0n) is 10.8. The highest BCUT2D eigenvalue weighted by Gasteiger charge is 2.17. The molecule has 104 valence electrons. The molecular weight excluding hydrogens is 264 g/mol. The lowest BCUT2D eigenvalue weighted by molar-refractivity contribution is -0.117. The summed E-state index contributed by atoms with van der Waals surface area (Å²) in [5.41, 5.74) is 6.54.